The number of benzene rings is 1. The molecular weight excluding hydrogens is 404 g/mol. The standard InChI is InChI=1S/C25H32N4O3/c1-27-15-16-29(22(17-27)19-9-4-2-5-10-19)25(32)21-13-8-14-28(24(21)31)18-23(30)26-20-11-6-3-7-12-20/h2,4-5,8-10,13-14,20,22H,3,6-7,11-12,15-18H2,1H3,(H,26,30)/t22-/m0/s1. The summed E-state index contributed by atoms with van der Waals surface area (Å²) in [6.45, 7) is 1.94. The number of carbonyl (C=O) groups is 2. The van der Waals surface area contributed by atoms with Crippen LogP contribution in [0.25, 0.3) is 0 Å². The van der Waals surface area contributed by atoms with Gasteiger partial charge in [0.25, 0.3) is 11.5 Å². The number of amides is 2. The van der Waals surface area contributed by atoms with Crippen molar-refractivity contribution in [3.8, 4) is 0 Å². The van der Waals surface area contributed by atoms with Gasteiger partial charge in [-0.2, -0.15) is 0 Å². The molecule has 2 heterocycles. The highest BCUT2D eigenvalue weighted by molar-refractivity contribution is 5.94. The number of likely N-dealkylation sites (N-methyl/N-ethyl adjacent to an activating group) is 1. The number of rotatable bonds is 5. The monoisotopic (exact) mass is 436 g/mol. The van der Waals surface area contributed by atoms with Gasteiger partial charge in [0.05, 0.1) is 6.04 Å². The average Bonchev–Trinajstić information content (AvgIpc) is 2.81. The summed E-state index contributed by atoms with van der Waals surface area (Å²) >= 11 is 0. The highest BCUT2D eigenvalue weighted by atomic mass is 16.2. The van der Waals surface area contributed by atoms with E-state index in [0.717, 1.165) is 37.8 Å². The lowest BCUT2D eigenvalue weighted by Gasteiger charge is -2.40. The minimum Gasteiger partial charge on any atom is -0.352 e. The van der Waals surface area contributed by atoms with Gasteiger partial charge in [0.1, 0.15) is 12.1 Å². The molecule has 2 fully saturated rings. The maximum Gasteiger partial charge on any atom is 0.263 e. The largest absolute Gasteiger partial charge is 0.352 e. The minimum atomic E-state index is -0.415. The van der Waals surface area contributed by atoms with E-state index in [4.69, 9.17) is 0 Å². The first-order chi connectivity index (χ1) is 15.5. The van der Waals surface area contributed by atoms with Crippen molar-refractivity contribution in [2.75, 3.05) is 26.7 Å². The average molecular weight is 437 g/mol. The van der Waals surface area contributed by atoms with Crippen LogP contribution < -0.4 is 10.9 Å². The zero-order chi connectivity index (χ0) is 22.5. The molecule has 0 spiro atoms. The lowest BCUT2D eigenvalue weighted by Crippen LogP contribution is -2.50. The molecule has 1 saturated carbocycles. The Bertz CT molecular complexity index is 998. The van der Waals surface area contributed by atoms with Crippen LogP contribution in [0.2, 0.25) is 0 Å². The number of nitrogens with zero attached hydrogens (tertiary/aromatic N) is 3. The van der Waals surface area contributed by atoms with Gasteiger partial charge in [-0.05, 0) is 37.6 Å². The van der Waals surface area contributed by atoms with Crippen LogP contribution in [0, 0.1) is 0 Å². The van der Waals surface area contributed by atoms with Crippen molar-refractivity contribution < 1.29 is 9.59 Å². The number of hydrogen-bond donors (Lipinski definition) is 1. The van der Waals surface area contributed by atoms with E-state index in [1.165, 1.54) is 11.0 Å². The van der Waals surface area contributed by atoms with Crippen molar-refractivity contribution in [3.05, 3.63) is 70.1 Å². The summed E-state index contributed by atoms with van der Waals surface area (Å²) in [6.07, 6.45) is 7.03. The van der Waals surface area contributed by atoms with Gasteiger partial charge in [-0.3, -0.25) is 14.4 Å². The molecule has 1 N–H and O–H groups in total. The van der Waals surface area contributed by atoms with Gasteiger partial charge in [-0.25, -0.2) is 0 Å². The summed E-state index contributed by atoms with van der Waals surface area (Å²) in [4.78, 5) is 43.1. The third-order valence-electron chi connectivity index (χ3n) is 6.56. The molecule has 1 atom stereocenters. The maximum atomic E-state index is 13.5. The molecule has 1 aliphatic carbocycles. The fraction of sp³-hybridized carbons (Fsp3) is 0.480. The first-order valence-corrected chi connectivity index (χ1v) is 11.6. The van der Waals surface area contributed by atoms with E-state index in [1.54, 1.807) is 23.2 Å². The molecule has 32 heavy (non-hydrogen) atoms. The number of aromatic nitrogens is 1. The third-order valence-corrected chi connectivity index (χ3v) is 6.56. The molecular formula is C25H32N4O3. The topological polar surface area (TPSA) is 74.7 Å². The molecule has 170 valence electrons. The van der Waals surface area contributed by atoms with Crippen LogP contribution in [-0.4, -0.2) is 58.9 Å². The van der Waals surface area contributed by atoms with Gasteiger partial charge in [-0.15, -0.1) is 0 Å². The third kappa shape index (κ3) is 5.10. The van der Waals surface area contributed by atoms with Gasteiger partial charge in [-0.1, -0.05) is 49.6 Å². The number of pyridine rings is 1. The van der Waals surface area contributed by atoms with E-state index in [-0.39, 0.29) is 36.0 Å². The summed E-state index contributed by atoms with van der Waals surface area (Å²) in [5.74, 6) is -0.454. The molecule has 4 rings (SSSR count). The van der Waals surface area contributed by atoms with Crippen molar-refractivity contribution in [1.29, 1.82) is 0 Å². The van der Waals surface area contributed by atoms with Gasteiger partial charge >= 0.3 is 0 Å². The second-order valence-corrected chi connectivity index (χ2v) is 8.94. The normalized spacial score (nSPS) is 20.2. The fourth-order valence-corrected chi connectivity index (χ4v) is 4.78. The SMILES string of the molecule is CN1CCN(C(=O)c2cccn(CC(=O)NC3CCCCC3)c2=O)[C@H](c2ccccc2)C1. The van der Waals surface area contributed by atoms with Gasteiger partial charge in [0.15, 0.2) is 0 Å². The molecule has 2 aromatic rings. The van der Waals surface area contributed by atoms with Crippen LogP contribution in [-0.2, 0) is 11.3 Å². The lowest BCUT2D eigenvalue weighted by molar-refractivity contribution is -0.122. The van der Waals surface area contributed by atoms with E-state index in [9.17, 15) is 14.4 Å². The fourth-order valence-electron chi connectivity index (χ4n) is 4.78. The van der Waals surface area contributed by atoms with Crippen LogP contribution in [0.4, 0.5) is 0 Å². The molecule has 7 nitrogen and oxygen atoms in total. The zero-order valence-corrected chi connectivity index (χ0v) is 18.7. The van der Waals surface area contributed by atoms with E-state index in [0.29, 0.717) is 13.1 Å². The number of carbonyl (C=O) groups excluding carboxylic acids is 2. The second kappa shape index (κ2) is 10.1. The lowest BCUT2D eigenvalue weighted by atomic mass is 9.95. The Morgan fingerprint density at radius 1 is 1.00 bits per heavy atom. The van der Waals surface area contributed by atoms with E-state index in [1.807, 2.05) is 37.4 Å². The predicted octanol–water partition coefficient (Wildman–Crippen LogP) is 2.43. The quantitative estimate of drug-likeness (QED) is 0.781. The van der Waals surface area contributed by atoms with Crippen molar-refractivity contribution in [2.45, 2.75) is 50.7 Å². The van der Waals surface area contributed by atoms with E-state index >= 15 is 0 Å². The number of hydrogen-bond acceptors (Lipinski definition) is 4. The number of piperazine rings is 1. The Morgan fingerprint density at radius 2 is 1.75 bits per heavy atom. The van der Waals surface area contributed by atoms with Crippen molar-refractivity contribution in [1.82, 2.24) is 19.7 Å². The molecule has 0 radical (unpaired) electrons. The van der Waals surface area contributed by atoms with E-state index < -0.39 is 5.56 Å². The van der Waals surface area contributed by atoms with Gasteiger partial charge in [0, 0.05) is 31.9 Å². The summed E-state index contributed by atoms with van der Waals surface area (Å²) in [7, 11) is 2.04. The smallest absolute Gasteiger partial charge is 0.263 e. The second-order valence-electron chi connectivity index (χ2n) is 8.94. The molecule has 2 aliphatic rings. The number of nitrogens with one attached hydrogen (secondary N) is 1. The molecule has 1 aromatic carbocycles. The molecule has 0 bridgehead atoms. The minimum absolute atomic E-state index is 0.0681. The summed E-state index contributed by atoms with van der Waals surface area (Å²) in [5.41, 5.74) is 0.751. The van der Waals surface area contributed by atoms with Gasteiger partial charge in [0.2, 0.25) is 5.91 Å². The van der Waals surface area contributed by atoms with Crippen LogP contribution in [0.15, 0.2) is 53.5 Å². The van der Waals surface area contributed by atoms with Gasteiger partial charge < -0.3 is 19.7 Å². The van der Waals surface area contributed by atoms with Crippen LogP contribution in [0.1, 0.15) is 54.1 Å². The molecule has 7 heteroatoms. The maximum absolute atomic E-state index is 13.5. The summed E-state index contributed by atoms with van der Waals surface area (Å²) < 4.78 is 1.35. The van der Waals surface area contributed by atoms with Crippen LogP contribution in [0.3, 0.4) is 0 Å². The first kappa shape index (κ1) is 22.3. The Morgan fingerprint density at radius 3 is 2.50 bits per heavy atom. The predicted molar refractivity (Wildman–Crippen MR) is 123 cm³/mol. The van der Waals surface area contributed by atoms with E-state index in [2.05, 4.69) is 10.2 Å². The molecule has 1 saturated heterocycles. The van der Waals surface area contributed by atoms with Crippen molar-refractivity contribution >= 4 is 11.8 Å². The Labute approximate surface area is 189 Å². The highest BCUT2D eigenvalue weighted by Gasteiger charge is 2.32. The highest BCUT2D eigenvalue weighted by Crippen LogP contribution is 2.26. The Kier molecular flexibility index (Phi) is 7.05. The Hall–Kier alpha value is -2.93. The van der Waals surface area contributed by atoms with Crippen LogP contribution in [0.5, 0.6) is 0 Å². The van der Waals surface area contributed by atoms with Crippen molar-refractivity contribution in [3.63, 3.8) is 0 Å². The van der Waals surface area contributed by atoms with Crippen LogP contribution >= 0.6 is 0 Å². The molecule has 1 aromatic heterocycles. The Balaban J connectivity index is 1.52. The summed E-state index contributed by atoms with van der Waals surface area (Å²) in [5, 5.41) is 3.04. The molecule has 0 unspecified atom stereocenters. The van der Waals surface area contributed by atoms with Crippen molar-refractivity contribution in [2.24, 2.45) is 0 Å². The molecule has 2 amide bonds. The first-order valence-electron chi connectivity index (χ1n) is 11.6. The zero-order valence-electron chi connectivity index (χ0n) is 18.7. The molecule has 1 aliphatic heterocycles. The summed E-state index contributed by atoms with van der Waals surface area (Å²) in [6, 6.07) is 13.2.